The minimum absolute atomic E-state index is 0.212. The molecule has 0 spiro atoms. The van der Waals surface area contributed by atoms with Crippen molar-refractivity contribution in [3.05, 3.63) is 231 Å². The molecule has 8 aromatic carbocycles. The molecular weight excluding hydrogens is 1840 g/mol. The van der Waals surface area contributed by atoms with Gasteiger partial charge in [-0.2, -0.15) is 30.0 Å². The lowest BCUT2D eigenvalue weighted by Gasteiger charge is -2.10. The van der Waals surface area contributed by atoms with Gasteiger partial charge in [0, 0.05) is 46.4 Å². The van der Waals surface area contributed by atoms with Crippen LogP contribution in [0.15, 0.2) is 300 Å². The summed E-state index contributed by atoms with van der Waals surface area (Å²) in [5.41, 5.74) is 18.2. The average molecular weight is 2020 g/mol. The average Bonchev–Trinajstić information content (AvgIpc) is 0.854. The molecule has 29 nitrogen and oxygen atoms in total. The summed E-state index contributed by atoms with van der Waals surface area (Å²) in [5, 5.41) is 0. The van der Waals surface area contributed by atoms with Crippen LogP contribution in [0.25, 0.3) is 0 Å². The molecule has 0 aliphatic rings. The van der Waals surface area contributed by atoms with Gasteiger partial charge in [0.1, 0.15) is 22.9 Å². The standard InChI is InChI=1S/C14H20N2O.C13H18N2O.C12H16N2O.C12H16N2.3C11H14N2.C10H12N2.5C5H10N2/c1-10(2)16-9-15-8-13-12(4)6-11(3)7-14(13)17-5;1-10(2)15-9-14-8-12-11(3)6-5-7-13(12)16-4;1-9(2)13-8-14-12-10(3)6-5-7-11(12)15-4;1-9(2)13-8-14-12-6-5-10(3)7-11(12)4;2*1-9(2)12-8-13-11-6-4-10(3)5-7-11;1-9(2)12-8-13-11-7-5-4-6-10(11)3;1-9(2)11-8-12-10-6-4-3-5-7-10;5*1-5(2)7-4-6-3/h6-7,10H,8H2,1-5H3;5-7,10H,8H2,1-4H3;5-7,9H,1-4H3;5-7,9H,1-4H3;3*4-7,9H,1-3H3;3-7,9H,1-2H3;5*5H,1-3H3. The lowest BCUT2D eigenvalue weighted by atomic mass is 10.0. The second kappa shape index (κ2) is 93.2. The van der Waals surface area contributed by atoms with E-state index in [9.17, 15) is 0 Å². The largest absolute Gasteiger partial charge is 0.496 e. The quantitative estimate of drug-likeness (QED) is 0.0478. The summed E-state index contributed by atoms with van der Waals surface area (Å²) in [6.45, 7) is 71.3. The Bertz CT molecular complexity index is 5650. The molecule has 8 aromatic rings. The summed E-state index contributed by atoms with van der Waals surface area (Å²) in [6, 6.07) is 93.2. The summed E-state index contributed by atoms with van der Waals surface area (Å²) < 4.78 is 15.9. The van der Waals surface area contributed by atoms with Gasteiger partial charge in [0.05, 0.1) is 220 Å². The van der Waals surface area contributed by atoms with Crippen molar-refractivity contribution in [3.63, 3.8) is 0 Å². The predicted molar refractivity (Wildman–Crippen MR) is 634 cm³/mol. The lowest BCUT2D eigenvalue weighted by Crippen LogP contribution is -1.95. The Hall–Kier alpha value is -14.9. The van der Waals surface area contributed by atoms with Crippen LogP contribution < -0.4 is 14.2 Å². The molecule has 0 unspecified atom stereocenters. The highest BCUT2D eigenvalue weighted by atomic mass is 16.5. The third-order valence-electron chi connectivity index (χ3n) is 16.4. The van der Waals surface area contributed by atoms with Gasteiger partial charge in [-0.15, -0.1) is 0 Å². The number of hydrogen-bond acceptors (Lipinski definition) is 29. The summed E-state index contributed by atoms with van der Waals surface area (Å²) >= 11 is 0. The van der Waals surface area contributed by atoms with E-state index in [2.05, 4.69) is 255 Å². The lowest BCUT2D eigenvalue weighted by molar-refractivity contribution is 0.409. The topological polar surface area (TPSA) is 349 Å². The van der Waals surface area contributed by atoms with Gasteiger partial charge in [-0.05, 0) is 342 Å². The highest BCUT2D eigenvalue weighted by molar-refractivity contribution is 5.64. The third-order valence-corrected chi connectivity index (χ3v) is 16.4. The zero-order valence-electron chi connectivity index (χ0n) is 97.4. The van der Waals surface area contributed by atoms with Crippen LogP contribution in [0.4, 0.5) is 34.1 Å². The smallest absolute Gasteiger partial charge is 0.145 e. The van der Waals surface area contributed by atoms with Gasteiger partial charge in [0.25, 0.3) is 0 Å². The van der Waals surface area contributed by atoms with Gasteiger partial charge in [-0.1, -0.05) is 120 Å². The van der Waals surface area contributed by atoms with Crippen LogP contribution in [-0.2, 0) is 13.1 Å². The number of aliphatic imine (C=N–C) groups is 26. The minimum atomic E-state index is 0.212. The van der Waals surface area contributed by atoms with Crippen LogP contribution in [-0.4, -0.2) is 213 Å². The van der Waals surface area contributed by atoms with E-state index in [0.717, 1.165) is 79.2 Å². The highest BCUT2D eigenvalue weighted by Crippen LogP contribution is 2.31. The van der Waals surface area contributed by atoms with E-state index < -0.39 is 0 Å². The molecule has 8 rings (SSSR count). The number of rotatable bonds is 26. The van der Waals surface area contributed by atoms with Crippen LogP contribution in [0.5, 0.6) is 17.2 Å². The fourth-order valence-electron chi connectivity index (χ4n) is 9.32. The highest BCUT2D eigenvalue weighted by Gasteiger charge is 2.09. The number of ether oxygens (including phenoxy) is 3. The summed E-state index contributed by atoms with van der Waals surface area (Å²) in [5.74, 6) is 2.51. The Morgan fingerprint density at radius 2 is 0.466 bits per heavy atom. The van der Waals surface area contributed by atoms with E-state index in [0.29, 0.717) is 43.3 Å². The zero-order chi connectivity index (χ0) is 113. The first kappa shape index (κ1) is 142. The Labute approximate surface area is 889 Å². The van der Waals surface area contributed by atoms with Crippen molar-refractivity contribution in [1.82, 2.24) is 0 Å². The molecule has 0 heterocycles. The van der Waals surface area contributed by atoms with Gasteiger partial charge in [0.15, 0.2) is 0 Å². The fraction of sp³-hybridized carbons (Fsp3) is 0.487. The van der Waals surface area contributed by atoms with Crippen molar-refractivity contribution in [2.75, 3.05) is 56.6 Å². The van der Waals surface area contributed by atoms with Crippen molar-refractivity contribution in [2.24, 2.45) is 130 Å². The second-order valence-corrected chi connectivity index (χ2v) is 35.8. The minimum Gasteiger partial charge on any atom is -0.496 e. The fourth-order valence-corrected chi connectivity index (χ4v) is 9.32. The number of para-hydroxylation sites is 3. The summed E-state index contributed by atoms with van der Waals surface area (Å²) in [7, 11) is 13.3. The molecule has 0 amide bonds. The normalized spacial score (nSPS) is 9.27. The number of hydrogen-bond donors (Lipinski definition) is 0. The van der Waals surface area contributed by atoms with Crippen molar-refractivity contribution < 1.29 is 14.2 Å². The zero-order valence-corrected chi connectivity index (χ0v) is 97.4. The Kier molecular flexibility index (Phi) is 89.1. The first-order valence-corrected chi connectivity index (χ1v) is 49.7. The van der Waals surface area contributed by atoms with Crippen molar-refractivity contribution in [1.29, 1.82) is 0 Å². The number of aryl methyl sites for hydroxylation is 9. The van der Waals surface area contributed by atoms with E-state index in [1.165, 1.54) is 33.4 Å². The first-order chi connectivity index (χ1) is 70.1. The van der Waals surface area contributed by atoms with Gasteiger partial charge in [-0.25, -0.2) is 99.8 Å². The number of nitrogens with zero attached hydrogens (tertiary/aromatic N) is 26. The Balaban J connectivity index is -0.000000504. The Morgan fingerprint density at radius 1 is 0.203 bits per heavy atom. The molecule has 0 saturated heterocycles. The van der Waals surface area contributed by atoms with E-state index in [-0.39, 0.29) is 48.3 Å². The predicted octanol–water partition coefficient (Wildman–Crippen LogP) is 31.7. The molecule has 0 aliphatic carbocycles. The third kappa shape index (κ3) is 89.9. The molecular formula is C119H174N26O3. The maximum Gasteiger partial charge on any atom is 0.145 e. The maximum absolute atomic E-state index is 5.37. The molecule has 0 fully saturated rings. The van der Waals surface area contributed by atoms with E-state index in [1.807, 2.05) is 365 Å². The number of methoxy groups -OCH3 is 3. The summed E-state index contributed by atoms with van der Waals surface area (Å²) in [6.07, 6.45) is 0. The van der Waals surface area contributed by atoms with E-state index in [1.54, 1.807) is 56.6 Å². The van der Waals surface area contributed by atoms with Crippen molar-refractivity contribution in [2.45, 2.75) is 334 Å². The molecule has 0 atom stereocenters. The van der Waals surface area contributed by atoms with Crippen LogP contribution in [0.2, 0.25) is 0 Å². The van der Waals surface area contributed by atoms with Gasteiger partial charge in [-0.3, -0.25) is 0 Å². The molecule has 0 bridgehead atoms. The molecule has 0 saturated carbocycles. The van der Waals surface area contributed by atoms with E-state index in [4.69, 9.17) is 14.2 Å². The maximum atomic E-state index is 5.37. The molecule has 148 heavy (non-hydrogen) atoms. The monoisotopic (exact) mass is 2020 g/mol. The second-order valence-electron chi connectivity index (χ2n) is 35.8. The summed E-state index contributed by atoms with van der Waals surface area (Å²) in [4.78, 5) is 102. The molecule has 0 aliphatic heterocycles. The first-order valence-electron chi connectivity index (χ1n) is 49.7. The molecule has 0 aromatic heterocycles. The molecule has 798 valence electrons. The van der Waals surface area contributed by atoms with Crippen molar-refractivity contribution >= 4 is 112 Å². The number of benzene rings is 8. The van der Waals surface area contributed by atoms with E-state index >= 15 is 0 Å². The van der Waals surface area contributed by atoms with Crippen LogP contribution in [0, 0.1) is 62.3 Å². The van der Waals surface area contributed by atoms with Crippen LogP contribution in [0.3, 0.4) is 0 Å². The van der Waals surface area contributed by atoms with Crippen LogP contribution >= 0.6 is 0 Å². The van der Waals surface area contributed by atoms with Crippen LogP contribution in [0.1, 0.15) is 241 Å². The van der Waals surface area contributed by atoms with Gasteiger partial charge >= 0.3 is 0 Å². The van der Waals surface area contributed by atoms with Crippen molar-refractivity contribution in [3.8, 4) is 17.2 Å². The van der Waals surface area contributed by atoms with Gasteiger partial charge < -0.3 is 14.2 Å². The Morgan fingerprint density at radius 3 is 0.784 bits per heavy atom. The molecule has 0 radical (unpaired) electrons. The van der Waals surface area contributed by atoms with Gasteiger partial charge in [0.2, 0.25) is 0 Å². The molecule has 0 N–H and O–H groups in total. The SMILES string of the molecule is CC(C)N=C=Nc1ccccc1.CN=C=NC(C)C.CN=C=NC(C)C.CN=C=NC(C)C.CN=C=NC(C)C.CN=C=NC(C)C.COc1cc(C)cc(C)c1CN=C=NC(C)C.COc1cccc(C)c1CN=C=NC(C)C.COc1cccc(C)c1N=C=NC(C)C.Cc1ccc(N=C=NC(C)C)c(C)c1.Cc1ccc(N=C=NC(C)C)cc1.Cc1ccc(N=C=NC(C)C)cc1.Cc1ccccc1N=C=NC(C)C. The molecule has 29 heteroatoms.